The van der Waals surface area contributed by atoms with Crippen LogP contribution in [-0.4, -0.2) is 23.8 Å². The standard InChI is InChI=1S/C12H18BrN.BrH/c1-14(10-6-5-9-13)11-12-7-3-2-4-8-12;/h2-4,7-8H,5-6,9-11H2,1H3;1H. The van der Waals surface area contributed by atoms with Crippen LogP contribution in [0.1, 0.15) is 18.4 Å². The van der Waals surface area contributed by atoms with Crippen molar-refractivity contribution in [1.29, 1.82) is 0 Å². The number of nitrogens with zero attached hydrogens (tertiary/aromatic N) is 1. The highest BCUT2D eigenvalue weighted by Gasteiger charge is 1.98. The van der Waals surface area contributed by atoms with Gasteiger partial charge in [0.2, 0.25) is 0 Å². The second kappa shape index (κ2) is 9.37. The highest BCUT2D eigenvalue weighted by Crippen LogP contribution is 2.04. The monoisotopic (exact) mass is 335 g/mol. The third-order valence-corrected chi connectivity index (χ3v) is 2.78. The van der Waals surface area contributed by atoms with E-state index in [-0.39, 0.29) is 17.0 Å². The molecule has 0 bridgehead atoms. The van der Waals surface area contributed by atoms with E-state index in [1.165, 1.54) is 24.9 Å². The molecule has 0 saturated carbocycles. The van der Waals surface area contributed by atoms with Crippen LogP contribution in [0.2, 0.25) is 0 Å². The zero-order chi connectivity index (χ0) is 10.2. The molecule has 1 rings (SSSR count). The molecule has 86 valence electrons. The first kappa shape index (κ1) is 15.1. The van der Waals surface area contributed by atoms with E-state index in [0.29, 0.717) is 0 Å². The van der Waals surface area contributed by atoms with Crippen molar-refractivity contribution in [3.8, 4) is 0 Å². The van der Waals surface area contributed by atoms with Gasteiger partial charge in [-0.05, 0) is 32.0 Å². The summed E-state index contributed by atoms with van der Waals surface area (Å²) in [5.41, 5.74) is 1.40. The molecule has 15 heavy (non-hydrogen) atoms. The third kappa shape index (κ3) is 7.09. The van der Waals surface area contributed by atoms with Crippen molar-refractivity contribution in [3.05, 3.63) is 35.9 Å². The van der Waals surface area contributed by atoms with E-state index in [2.05, 4.69) is 58.2 Å². The molecule has 0 amide bonds. The van der Waals surface area contributed by atoms with Gasteiger partial charge in [-0.1, -0.05) is 46.3 Å². The minimum atomic E-state index is 0. The smallest absolute Gasteiger partial charge is 0.0230 e. The maximum atomic E-state index is 3.45. The first-order valence-corrected chi connectivity index (χ1v) is 6.23. The van der Waals surface area contributed by atoms with E-state index in [4.69, 9.17) is 0 Å². The molecule has 1 aromatic rings. The Balaban J connectivity index is 0.00000196. The van der Waals surface area contributed by atoms with Crippen LogP contribution >= 0.6 is 32.9 Å². The van der Waals surface area contributed by atoms with Gasteiger partial charge in [0.1, 0.15) is 0 Å². The van der Waals surface area contributed by atoms with Crippen molar-refractivity contribution >= 4 is 32.9 Å². The molecule has 0 unspecified atom stereocenters. The third-order valence-electron chi connectivity index (χ3n) is 2.22. The molecule has 0 aliphatic heterocycles. The van der Waals surface area contributed by atoms with Crippen LogP contribution in [0.4, 0.5) is 0 Å². The second-order valence-electron chi connectivity index (χ2n) is 3.62. The molecule has 0 aliphatic rings. The van der Waals surface area contributed by atoms with E-state index < -0.39 is 0 Å². The van der Waals surface area contributed by atoms with Crippen molar-refractivity contribution in [3.63, 3.8) is 0 Å². The maximum absolute atomic E-state index is 3.45. The number of hydrogen-bond donors (Lipinski definition) is 0. The van der Waals surface area contributed by atoms with Crippen molar-refractivity contribution in [1.82, 2.24) is 4.90 Å². The predicted molar refractivity (Wildman–Crippen MR) is 76.1 cm³/mol. The van der Waals surface area contributed by atoms with E-state index in [9.17, 15) is 0 Å². The van der Waals surface area contributed by atoms with Gasteiger partial charge in [0.05, 0.1) is 0 Å². The Bertz CT molecular complexity index is 239. The summed E-state index contributed by atoms with van der Waals surface area (Å²) >= 11 is 3.45. The summed E-state index contributed by atoms with van der Waals surface area (Å²) in [5, 5.41) is 1.12. The lowest BCUT2D eigenvalue weighted by molar-refractivity contribution is 0.321. The van der Waals surface area contributed by atoms with Gasteiger partial charge in [-0.2, -0.15) is 0 Å². The number of rotatable bonds is 6. The second-order valence-corrected chi connectivity index (χ2v) is 4.41. The molecular formula is C12H19Br2N. The Kier molecular flexibility index (Phi) is 9.46. The predicted octanol–water partition coefficient (Wildman–Crippen LogP) is 3.87. The summed E-state index contributed by atoms with van der Waals surface area (Å²) in [6, 6.07) is 10.6. The molecule has 0 atom stereocenters. The minimum absolute atomic E-state index is 0. The van der Waals surface area contributed by atoms with Crippen molar-refractivity contribution < 1.29 is 0 Å². The van der Waals surface area contributed by atoms with Gasteiger partial charge in [0, 0.05) is 11.9 Å². The largest absolute Gasteiger partial charge is 0.302 e. The molecule has 0 saturated heterocycles. The molecule has 3 heteroatoms. The molecule has 1 aromatic carbocycles. The molecular weight excluding hydrogens is 318 g/mol. The SMILES string of the molecule is Br.CN(CCCCBr)Cc1ccccc1. The lowest BCUT2D eigenvalue weighted by Crippen LogP contribution is -2.19. The van der Waals surface area contributed by atoms with Crippen LogP contribution in [0.15, 0.2) is 30.3 Å². The van der Waals surface area contributed by atoms with Crippen molar-refractivity contribution in [2.75, 3.05) is 18.9 Å². The zero-order valence-corrected chi connectivity index (χ0v) is 12.5. The van der Waals surface area contributed by atoms with E-state index in [1.807, 2.05) is 0 Å². The normalized spacial score (nSPS) is 10.1. The number of halogens is 2. The lowest BCUT2D eigenvalue weighted by Gasteiger charge is -2.16. The Hall–Kier alpha value is 0.140. The summed E-state index contributed by atoms with van der Waals surface area (Å²) in [5.74, 6) is 0. The fourth-order valence-corrected chi connectivity index (χ4v) is 1.85. The molecule has 0 aliphatic carbocycles. The van der Waals surface area contributed by atoms with Crippen LogP contribution in [0, 0.1) is 0 Å². The van der Waals surface area contributed by atoms with Crippen molar-refractivity contribution in [2.45, 2.75) is 19.4 Å². The molecule has 0 heterocycles. The Morgan fingerprint density at radius 2 is 1.80 bits per heavy atom. The van der Waals surface area contributed by atoms with Crippen LogP contribution in [0.5, 0.6) is 0 Å². The highest BCUT2D eigenvalue weighted by molar-refractivity contribution is 9.09. The Labute approximate surface area is 112 Å². The van der Waals surface area contributed by atoms with Gasteiger partial charge >= 0.3 is 0 Å². The molecule has 0 aromatic heterocycles. The van der Waals surface area contributed by atoms with Gasteiger partial charge < -0.3 is 4.90 Å². The number of alkyl halides is 1. The van der Waals surface area contributed by atoms with E-state index in [0.717, 1.165) is 11.9 Å². The molecule has 1 nitrogen and oxygen atoms in total. The number of unbranched alkanes of at least 4 members (excludes halogenated alkanes) is 1. The lowest BCUT2D eigenvalue weighted by atomic mass is 10.2. The summed E-state index contributed by atoms with van der Waals surface area (Å²) in [6.07, 6.45) is 2.54. The van der Waals surface area contributed by atoms with E-state index in [1.54, 1.807) is 0 Å². The summed E-state index contributed by atoms with van der Waals surface area (Å²) < 4.78 is 0. The first-order chi connectivity index (χ1) is 6.83. The maximum Gasteiger partial charge on any atom is 0.0230 e. The van der Waals surface area contributed by atoms with Crippen LogP contribution in [0.3, 0.4) is 0 Å². The van der Waals surface area contributed by atoms with E-state index >= 15 is 0 Å². The van der Waals surface area contributed by atoms with Crippen LogP contribution in [-0.2, 0) is 6.54 Å². The van der Waals surface area contributed by atoms with Crippen LogP contribution in [0.25, 0.3) is 0 Å². The van der Waals surface area contributed by atoms with Gasteiger partial charge in [-0.15, -0.1) is 17.0 Å². The number of benzene rings is 1. The summed E-state index contributed by atoms with van der Waals surface area (Å²) in [4.78, 5) is 2.37. The Morgan fingerprint density at radius 3 is 2.40 bits per heavy atom. The molecule has 0 spiro atoms. The highest BCUT2D eigenvalue weighted by atomic mass is 79.9. The van der Waals surface area contributed by atoms with Gasteiger partial charge in [-0.3, -0.25) is 0 Å². The molecule has 0 N–H and O–H groups in total. The fourth-order valence-electron chi connectivity index (χ4n) is 1.45. The average Bonchev–Trinajstić information content (AvgIpc) is 2.20. The summed E-state index contributed by atoms with van der Waals surface area (Å²) in [7, 11) is 2.18. The molecule has 0 fully saturated rings. The number of hydrogen-bond acceptors (Lipinski definition) is 1. The van der Waals surface area contributed by atoms with Gasteiger partial charge in [0.25, 0.3) is 0 Å². The first-order valence-electron chi connectivity index (χ1n) is 5.11. The minimum Gasteiger partial charge on any atom is -0.302 e. The quantitative estimate of drug-likeness (QED) is 0.563. The Morgan fingerprint density at radius 1 is 1.13 bits per heavy atom. The topological polar surface area (TPSA) is 3.24 Å². The fraction of sp³-hybridized carbons (Fsp3) is 0.500. The zero-order valence-electron chi connectivity index (χ0n) is 9.16. The van der Waals surface area contributed by atoms with Gasteiger partial charge in [-0.25, -0.2) is 0 Å². The average molecular weight is 337 g/mol. The molecule has 0 radical (unpaired) electrons. The van der Waals surface area contributed by atoms with Crippen LogP contribution < -0.4 is 0 Å². The summed E-state index contributed by atoms with van der Waals surface area (Å²) in [6.45, 7) is 2.24. The van der Waals surface area contributed by atoms with Crippen molar-refractivity contribution in [2.24, 2.45) is 0 Å². The van der Waals surface area contributed by atoms with Gasteiger partial charge in [0.15, 0.2) is 0 Å².